The van der Waals surface area contributed by atoms with Crippen LogP contribution in [0.3, 0.4) is 0 Å². The quantitative estimate of drug-likeness (QED) is 0.740. The molecule has 1 aromatic carbocycles. The number of hydrogen-bond acceptors (Lipinski definition) is 5. The van der Waals surface area contributed by atoms with Crippen molar-refractivity contribution in [2.75, 3.05) is 44.4 Å². The highest BCUT2D eigenvalue weighted by atomic mass is 32.2. The summed E-state index contributed by atoms with van der Waals surface area (Å²) in [4.78, 5) is 2.33. The Labute approximate surface area is 168 Å². The zero-order valence-electron chi connectivity index (χ0n) is 15.5. The molecule has 1 N–H and O–H groups in total. The van der Waals surface area contributed by atoms with E-state index in [4.69, 9.17) is 4.74 Å². The monoisotopic (exact) mass is 438 g/mol. The van der Waals surface area contributed by atoms with Crippen molar-refractivity contribution >= 4 is 21.8 Å². The Morgan fingerprint density at radius 2 is 1.71 bits per heavy atom. The summed E-state index contributed by atoms with van der Waals surface area (Å²) in [6, 6.07) is 4.27. The van der Waals surface area contributed by atoms with E-state index in [1.165, 1.54) is 12.1 Å². The molecule has 28 heavy (non-hydrogen) atoms. The molecule has 0 aliphatic carbocycles. The number of nitrogens with one attached hydrogen (secondary N) is 1. The first kappa shape index (κ1) is 21.9. The molecule has 2 aliphatic rings. The van der Waals surface area contributed by atoms with Crippen molar-refractivity contribution in [2.45, 2.75) is 30.3 Å². The molecule has 1 aromatic rings. The number of thioether (sulfide) groups is 1. The van der Waals surface area contributed by atoms with Gasteiger partial charge in [-0.25, -0.2) is 13.1 Å². The van der Waals surface area contributed by atoms with E-state index >= 15 is 0 Å². The van der Waals surface area contributed by atoms with Crippen molar-refractivity contribution in [3.63, 3.8) is 0 Å². The minimum absolute atomic E-state index is 0.220. The second kappa shape index (κ2) is 8.91. The number of benzene rings is 1. The maximum atomic E-state index is 12.7. The van der Waals surface area contributed by atoms with E-state index in [1.807, 2.05) is 11.8 Å². The number of hydrogen-bond donors (Lipinski definition) is 1. The summed E-state index contributed by atoms with van der Waals surface area (Å²) in [5.74, 6) is 1.63. The summed E-state index contributed by atoms with van der Waals surface area (Å²) in [7, 11) is -3.66. The molecule has 2 saturated heterocycles. The van der Waals surface area contributed by atoms with Crippen LogP contribution < -0.4 is 4.72 Å². The molecule has 0 bridgehead atoms. The maximum absolute atomic E-state index is 12.7. The number of morpholine rings is 1. The third-order valence-corrected chi connectivity index (χ3v) is 7.65. The molecule has 5 nitrogen and oxygen atoms in total. The van der Waals surface area contributed by atoms with Crippen LogP contribution in [0, 0.1) is 0 Å². The van der Waals surface area contributed by atoms with Crippen molar-refractivity contribution in [1.29, 1.82) is 0 Å². The van der Waals surface area contributed by atoms with Crippen molar-refractivity contribution in [1.82, 2.24) is 9.62 Å². The predicted octanol–water partition coefficient (Wildman–Crippen LogP) is 2.72. The second-order valence-corrected chi connectivity index (χ2v) is 10.2. The van der Waals surface area contributed by atoms with Crippen LogP contribution in [0.1, 0.15) is 24.0 Å². The summed E-state index contributed by atoms with van der Waals surface area (Å²) in [5.41, 5.74) is -0.671. The van der Waals surface area contributed by atoms with Crippen LogP contribution in [-0.4, -0.2) is 63.2 Å². The average Bonchev–Trinajstić information content (AvgIpc) is 2.67. The van der Waals surface area contributed by atoms with Gasteiger partial charge in [0.1, 0.15) is 0 Å². The number of rotatable bonds is 6. The molecule has 10 heteroatoms. The maximum Gasteiger partial charge on any atom is 0.416 e. The Morgan fingerprint density at radius 1 is 1.11 bits per heavy atom. The molecule has 3 rings (SSSR count). The molecule has 2 aliphatic heterocycles. The minimum Gasteiger partial charge on any atom is -0.379 e. The van der Waals surface area contributed by atoms with Crippen LogP contribution >= 0.6 is 11.8 Å². The van der Waals surface area contributed by atoms with Crippen LogP contribution in [0.5, 0.6) is 0 Å². The molecule has 2 heterocycles. The number of halogens is 3. The molecule has 0 atom stereocenters. The molecule has 0 amide bonds. The van der Waals surface area contributed by atoms with Gasteiger partial charge in [-0.3, -0.25) is 4.90 Å². The van der Waals surface area contributed by atoms with Gasteiger partial charge >= 0.3 is 6.18 Å². The lowest BCUT2D eigenvalue weighted by Gasteiger charge is -2.48. The van der Waals surface area contributed by atoms with Crippen LogP contribution in [0.2, 0.25) is 0 Å². The van der Waals surface area contributed by atoms with Crippen molar-refractivity contribution in [3.05, 3.63) is 35.4 Å². The van der Waals surface area contributed by atoms with Gasteiger partial charge in [-0.05, 0) is 42.0 Å². The number of sulfonamides is 1. The topological polar surface area (TPSA) is 58.6 Å². The summed E-state index contributed by atoms with van der Waals surface area (Å²) < 4.78 is 71.3. The third-order valence-electron chi connectivity index (χ3n) is 5.36. The second-order valence-electron chi connectivity index (χ2n) is 7.21. The Morgan fingerprint density at radius 3 is 2.29 bits per heavy atom. The fourth-order valence-electron chi connectivity index (χ4n) is 3.70. The van der Waals surface area contributed by atoms with E-state index in [9.17, 15) is 21.6 Å². The van der Waals surface area contributed by atoms with E-state index in [1.54, 1.807) is 0 Å². The van der Waals surface area contributed by atoms with Gasteiger partial charge in [-0.1, -0.05) is 12.1 Å². The van der Waals surface area contributed by atoms with Crippen molar-refractivity contribution in [3.8, 4) is 0 Å². The first-order valence-corrected chi connectivity index (χ1v) is 12.0. The summed E-state index contributed by atoms with van der Waals surface area (Å²) in [6.07, 6.45) is -2.62. The summed E-state index contributed by atoms with van der Waals surface area (Å²) in [6.45, 7) is 3.17. The molecular weight excluding hydrogens is 413 g/mol. The molecule has 0 saturated carbocycles. The Kier molecular flexibility index (Phi) is 6.96. The van der Waals surface area contributed by atoms with Crippen LogP contribution in [0.4, 0.5) is 13.2 Å². The van der Waals surface area contributed by atoms with Gasteiger partial charge in [-0.15, -0.1) is 0 Å². The van der Waals surface area contributed by atoms with Gasteiger partial charge in [0.05, 0.1) is 24.5 Å². The largest absolute Gasteiger partial charge is 0.416 e. The van der Waals surface area contributed by atoms with Crippen LogP contribution in [0.15, 0.2) is 24.3 Å². The number of ether oxygens (including phenoxy) is 1. The van der Waals surface area contributed by atoms with Gasteiger partial charge in [0.25, 0.3) is 0 Å². The molecule has 0 radical (unpaired) electrons. The van der Waals surface area contributed by atoms with Gasteiger partial charge in [0.2, 0.25) is 10.0 Å². The smallest absolute Gasteiger partial charge is 0.379 e. The summed E-state index contributed by atoms with van der Waals surface area (Å²) >= 11 is 1.87. The molecule has 158 valence electrons. The van der Waals surface area contributed by atoms with Gasteiger partial charge in [0, 0.05) is 25.2 Å². The van der Waals surface area contributed by atoms with E-state index in [2.05, 4.69) is 9.62 Å². The van der Waals surface area contributed by atoms with E-state index < -0.39 is 21.8 Å². The highest BCUT2D eigenvalue weighted by Gasteiger charge is 2.39. The van der Waals surface area contributed by atoms with Crippen molar-refractivity contribution in [2.24, 2.45) is 0 Å². The highest BCUT2D eigenvalue weighted by molar-refractivity contribution is 7.99. The normalized spacial score (nSPS) is 21.5. The zero-order valence-corrected chi connectivity index (χ0v) is 17.1. The molecule has 0 unspecified atom stereocenters. The zero-order chi connectivity index (χ0) is 20.3. The number of nitrogens with zero attached hydrogens (tertiary/aromatic N) is 1. The Bertz CT molecular complexity index is 742. The Hall–Kier alpha value is -0.810. The van der Waals surface area contributed by atoms with Crippen molar-refractivity contribution < 1.29 is 26.3 Å². The molecule has 0 spiro atoms. The molecule has 0 aromatic heterocycles. The number of alkyl halides is 3. The fraction of sp³-hybridized carbons (Fsp3) is 0.667. The molecular formula is C18H25F3N2O3S2. The molecule has 2 fully saturated rings. The van der Waals surface area contributed by atoms with Gasteiger partial charge in [-0.2, -0.15) is 24.9 Å². The van der Waals surface area contributed by atoms with Gasteiger partial charge in [0.15, 0.2) is 0 Å². The summed E-state index contributed by atoms with van der Waals surface area (Å²) in [5, 5.41) is 0. The predicted molar refractivity (Wildman–Crippen MR) is 104 cm³/mol. The van der Waals surface area contributed by atoms with E-state index in [-0.39, 0.29) is 11.3 Å². The fourth-order valence-corrected chi connectivity index (χ4v) is 6.17. The third kappa shape index (κ3) is 5.63. The first-order chi connectivity index (χ1) is 13.2. The van der Waals surface area contributed by atoms with Gasteiger partial charge < -0.3 is 4.74 Å². The SMILES string of the molecule is O=S(=O)(Cc1ccc(C(F)(F)F)cc1)NCC1(N2CCOCC2)CCSCC1. The standard InChI is InChI=1S/C18H25F3N2O3S2/c19-18(20,21)16-3-1-15(2-4-16)13-28(24,25)22-14-17(5-11-27-12-6-17)23-7-9-26-10-8-23/h1-4,22H,5-14H2. The van der Waals surface area contributed by atoms with E-state index in [0.717, 1.165) is 49.6 Å². The lowest BCUT2D eigenvalue weighted by molar-refractivity contribution is -0.137. The van der Waals surface area contributed by atoms with Crippen LogP contribution in [-0.2, 0) is 26.7 Å². The lowest BCUT2D eigenvalue weighted by atomic mass is 9.89. The minimum atomic E-state index is -4.43. The van der Waals surface area contributed by atoms with E-state index in [0.29, 0.717) is 25.3 Å². The van der Waals surface area contributed by atoms with Crippen LogP contribution in [0.25, 0.3) is 0 Å². The average molecular weight is 439 g/mol. The first-order valence-electron chi connectivity index (χ1n) is 9.24. The highest BCUT2D eigenvalue weighted by Crippen LogP contribution is 2.33. The lowest BCUT2D eigenvalue weighted by Crippen LogP contribution is -2.60. The Balaban J connectivity index is 1.65.